The van der Waals surface area contributed by atoms with Crippen molar-refractivity contribution in [3.8, 4) is 0 Å². The third-order valence-corrected chi connectivity index (χ3v) is 4.42. The number of rotatable bonds is 8. The number of benzene rings is 1. The van der Waals surface area contributed by atoms with Crippen molar-refractivity contribution in [1.82, 2.24) is 15.6 Å². The van der Waals surface area contributed by atoms with Gasteiger partial charge in [0.25, 0.3) is 0 Å². The predicted molar refractivity (Wildman–Crippen MR) is 118 cm³/mol. The van der Waals surface area contributed by atoms with Crippen LogP contribution < -0.4 is 5.43 Å². The Kier molecular flexibility index (Phi) is 12.4. The van der Waals surface area contributed by atoms with E-state index in [1.807, 2.05) is 35.6 Å². The molecule has 1 aromatic carbocycles. The molecule has 0 radical (unpaired) electrons. The molecule has 5 heteroatoms. The van der Waals surface area contributed by atoms with E-state index in [1.54, 1.807) is 12.4 Å². The van der Waals surface area contributed by atoms with E-state index >= 15 is 0 Å². The summed E-state index contributed by atoms with van der Waals surface area (Å²) in [5.74, 6) is 0.664. The van der Waals surface area contributed by atoms with E-state index in [0.29, 0.717) is 5.92 Å². The van der Waals surface area contributed by atoms with Crippen LogP contribution in [-0.2, 0) is 4.84 Å². The molecule has 1 aliphatic heterocycles. The Hall–Kier alpha value is -1.69. The SMILES string of the molecule is Br.CCCCC(CC)CON1CC(c2ccccc2)=CN1.c1ccncc1. The molecule has 0 saturated heterocycles. The molecule has 1 N–H and O–H groups in total. The zero-order chi connectivity index (χ0) is 18.5. The second-order valence-electron chi connectivity index (χ2n) is 6.44. The fourth-order valence-corrected chi connectivity index (χ4v) is 2.71. The zero-order valence-electron chi connectivity index (χ0n) is 16.4. The Bertz CT molecular complexity index is 595. The van der Waals surface area contributed by atoms with Crippen molar-refractivity contribution in [3.05, 3.63) is 72.7 Å². The van der Waals surface area contributed by atoms with Gasteiger partial charge in [-0.2, -0.15) is 0 Å². The van der Waals surface area contributed by atoms with Gasteiger partial charge in [-0.15, -0.1) is 17.0 Å². The number of nitrogens with one attached hydrogen (secondary N) is 1. The summed E-state index contributed by atoms with van der Waals surface area (Å²) in [4.78, 5) is 9.66. The Balaban J connectivity index is 0.000000444. The number of hydrogen-bond acceptors (Lipinski definition) is 4. The average Bonchev–Trinajstić information content (AvgIpc) is 3.20. The fourth-order valence-electron chi connectivity index (χ4n) is 2.71. The summed E-state index contributed by atoms with van der Waals surface area (Å²) in [5.41, 5.74) is 5.71. The Labute approximate surface area is 174 Å². The maximum absolute atomic E-state index is 5.87. The molecule has 2 heterocycles. The van der Waals surface area contributed by atoms with Crippen LogP contribution in [0.5, 0.6) is 0 Å². The van der Waals surface area contributed by atoms with Crippen LogP contribution in [0.2, 0.25) is 0 Å². The fraction of sp³-hybridized carbons (Fsp3) is 0.409. The van der Waals surface area contributed by atoms with E-state index in [0.717, 1.165) is 13.2 Å². The topological polar surface area (TPSA) is 37.4 Å². The predicted octanol–water partition coefficient (Wildman–Crippen LogP) is 5.66. The third kappa shape index (κ3) is 9.18. The minimum absolute atomic E-state index is 0. The van der Waals surface area contributed by atoms with Crippen molar-refractivity contribution in [2.24, 2.45) is 5.92 Å². The van der Waals surface area contributed by atoms with E-state index in [4.69, 9.17) is 4.84 Å². The highest BCUT2D eigenvalue weighted by molar-refractivity contribution is 8.93. The van der Waals surface area contributed by atoms with Gasteiger partial charge in [-0.25, -0.2) is 0 Å². The molecule has 0 saturated carbocycles. The molecule has 1 aliphatic rings. The maximum atomic E-state index is 5.87. The van der Waals surface area contributed by atoms with Gasteiger partial charge in [0.2, 0.25) is 0 Å². The number of hydrogen-bond donors (Lipinski definition) is 1. The van der Waals surface area contributed by atoms with Crippen LogP contribution in [0.4, 0.5) is 0 Å². The lowest BCUT2D eigenvalue weighted by molar-refractivity contribution is -0.182. The average molecular weight is 434 g/mol. The van der Waals surface area contributed by atoms with Gasteiger partial charge < -0.3 is 5.43 Å². The van der Waals surface area contributed by atoms with Gasteiger partial charge in [-0.1, -0.05) is 74.7 Å². The molecule has 0 spiro atoms. The lowest BCUT2D eigenvalue weighted by Gasteiger charge is -2.20. The number of aromatic nitrogens is 1. The quantitative estimate of drug-likeness (QED) is 0.582. The van der Waals surface area contributed by atoms with E-state index < -0.39 is 0 Å². The summed E-state index contributed by atoms with van der Waals surface area (Å²) >= 11 is 0. The normalized spacial score (nSPS) is 14.2. The zero-order valence-corrected chi connectivity index (χ0v) is 18.1. The molecular weight excluding hydrogens is 402 g/mol. The highest BCUT2D eigenvalue weighted by atomic mass is 79.9. The third-order valence-electron chi connectivity index (χ3n) is 4.42. The Morgan fingerprint density at radius 1 is 1.07 bits per heavy atom. The number of hydrazine groups is 1. The van der Waals surface area contributed by atoms with Crippen LogP contribution in [-0.4, -0.2) is 23.3 Å². The largest absolute Gasteiger partial charge is 0.303 e. The standard InChI is InChI=1S/C17H26N2O.C5H5N.BrH/c1-3-5-9-15(4-2)14-20-19-13-17(12-18-19)16-10-7-6-8-11-16;1-2-4-6-5-3-1;/h6-8,10-12,15,18H,3-5,9,13-14H2,1-2H3;1-5H;1H. The van der Waals surface area contributed by atoms with Crippen molar-refractivity contribution in [2.45, 2.75) is 39.5 Å². The molecule has 1 atom stereocenters. The summed E-state index contributed by atoms with van der Waals surface area (Å²) in [6, 6.07) is 16.2. The molecule has 4 nitrogen and oxygen atoms in total. The molecule has 0 bridgehead atoms. The van der Waals surface area contributed by atoms with Crippen molar-refractivity contribution in [1.29, 1.82) is 0 Å². The van der Waals surface area contributed by atoms with Gasteiger partial charge in [0, 0.05) is 18.6 Å². The van der Waals surface area contributed by atoms with Gasteiger partial charge in [-0.05, 0) is 35.6 Å². The van der Waals surface area contributed by atoms with Crippen LogP contribution in [0, 0.1) is 5.92 Å². The lowest BCUT2D eigenvalue weighted by Crippen LogP contribution is -2.32. The monoisotopic (exact) mass is 433 g/mol. The van der Waals surface area contributed by atoms with Crippen molar-refractivity contribution >= 4 is 22.6 Å². The molecule has 27 heavy (non-hydrogen) atoms. The number of halogens is 1. The van der Waals surface area contributed by atoms with Crippen LogP contribution in [0.1, 0.15) is 45.1 Å². The molecule has 148 valence electrons. The van der Waals surface area contributed by atoms with Crippen LogP contribution in [0.25, 0.3) is 5.57 Å². The second-order valence-corrected chi connectivity index (χ2v) is 6.44. The van der Waals surface area contributed by atoms with Gasteiger partial charge >= 0.3 is 0 Å². The van der Waals surface area contributed by atoms with Crippen molar-refractivity contribution in [3.63, 3.8) is 0 Å². The Morgan fingerprint density at radius 3 is 2.33 bits per heavy atom. The number of hydroxylamine groups is 1. The highest BCUT2D eigenvalue weighted by Gasteiger charge is 2.17. The molecular formula is C22H32BrN3O. The molecule has 0 fully saturated rings. The first-order valence-corrected chi connectivity index (χ1v) is 9.59. The molecule has 1 aromatic heterocycles. The second kappa shape index (κ2) is 14.4. The summed E-state index contributed by atoms with van der Waals surface area (Å²) in [6.45, 7) is 6.09. The lowest BCUT2D eigenvalue weighted by atomic mass is 10.0. The first-order valence-electron chi connectivity index (χ1n) is 9.59. The maximum Gasteiger partial charge on any atom is 0.0734 e. The van der Waals surface area contributed by atoms with E-state index in [-0.39, 0.29) is 17.0 Å². The van der Waals surface area contributed by atoms with Gasteiger partial charge in [0.05, 0.1) is 13.2 Å². The minimum Gasteiger partial charge on any atom is -0.303 e. The van der Waals surface area contributed by atoms with Crippen LogP contribution in [0.15, 0.2) is 67.1 Å². The molecule has 0 aliphatic carbocycles. The first-order chi connectivity index (χ1) is 12.8. The van der Waals surface area contributed by atoms with E-state index in [2.05, 4.69) is 48.5 Å². The smallest absolute Gasteiger partial charge is 0.0734 e. The van der Waals surface area contributed by atoms with Crippen LogP contribution >= 0.6 is 17.0 Å². The number of pyridine rings is 1. The van der Waals surface area contributed by atoms with E-state index in [9.17, 15) is 0 Å². The van der Waals surface area contributed by atoms with E-state index in [1.165, 1.54) is 36.8 Å². The number of nitrogens with zero attached hydrogens (tertiary/aromatic N) is 2. The molecule has 2 aromatic rings. The number of unbranched alkanes of at least 4 members (excludes halogenated alkanes) is 1. The Morgan fingerprint density at radius 2 is 1.78 bits per heavy atom. The molecule has 3 rings (SSSR count). The summed E-state index contributed by atoms with van der Waals surface area (Å²) in [6.07, 6.45) is 10.5. The van der Waals surface area contributed by atoms with Gasteiger partial charge in [0.15, 0.2) is 0 Å². The molecule has 0 amide bonds. The van der Waals surface area contributed by atoms with Gasteiger partial charge in [-0.3, -0.25) is 9.82 Å². The van der Waals surface area contributed by atoms with Crippen molar-refractivity contribution in [2.75, 3.05) is 13.2 Å². The van der Waals surface area contributed by atoms with Gasteiger partial charge in [0.1, 0.15) is 0 Å². The summed E-state index contributed by atoms with van der Waals surface area (Å²) in [7, 11) is 0. The summed E-state index contributed by atoms with van der Waals surface area (Å²) < 4.78 is 0. The highest BCUT2D eigenvalue weighted by Crippen LogP contribution is 2.19. The molecule has 1 unspecified atom stereocenters. The van der Waals surface area contributed by atoms with Crippen LogP contribution in [0.3, 0.4) is 0 Å². The minimum atomic E-state index is 0. The first kappa shape index (κ1) is 23.3. The van der Waals surface area contributed by atoms with Crippen molar-refractivity contribution < 1.29 is 4.84 Å². The summed E-state index contributed by atoms with van der Waals surface area (Å²) in [5, 5.41) is 1.84.